The van der Waals surface area contributed by atoms with Gasteiger partial charge in [0.1, 0.15) is 11.3 Å². The van der Waals surface area contributed by atoms with E-state index in [0.29, 0.717) is 17.8 Å². The van der Waals surface area contributed by atoms with Crippen molar-refractivity contribution in [3.05, 3.63) is 36.3 Å². The number of aromatic amines is 2. The number of aromatic nitrogens is 5. The van der Waals surface area contributed by atoms with Crippen LogP contribution < -0.4 is 5.73 Å². The summed E-state index contributed by atoms with van der Waals surface area (Å²) in [5, 5.41) is 8.04. The zero-order valence-electron chi connectivity index (χ0n) is 17.1. The Morgan fingerprint density at radius 1 is 1.30 bits per heavy atom. The standard InChI is InChI=1S/C22H25N7O/c1-12(2)22(30)29-9-3-4-14(29)11-18-26-19-15-6-5-13(16-7-8-24-28-16)10-17(15)25-21(23)20(19)27-18/h5-8,10,12,14H,3-4,9,11H2,1-2H3,(H2,23,25)(H,24,28)(H,26,27)/t14-/m0/s1. The molecule has 1 fully saturated rings. The molecule has 154 valence electrons. The highest BCUT2D eigenvalue weighted by molar-refractivity contribution is 6.07. The second kappa shape index (κ2) is 7.12. The summed E-state index contributed by atoms with van der Waals surface area (Å²) < 4.78 is 0. The second-order valence-electron chi connectivity index (χ2n) is 8.28. The molecule has 1 saturated heterocycles. The van der Waals surface area contributed by atoms with E-state index in [4.69, 9.17) is 10.7 Å². The fourth-order valence-electron chi connectivity index (χ4n) is 4.39. The fourth-order valence-corrected chi connectivity index (χ4v) is 4.39. The van der Waals surface area contributed by atoms with E-state index in [2.05, 4.69) is 20.2 Å². The van der Waals surface area contributed by atoms with Gasteiger partial charge in [-0.15, -0.1) is 0 Å². The lowest BCUT2D eigenvalue weighted by Crippen LogP contribution is -2.39. The summed E-state index contributed by atoms with van der Waals surface area (Å²) in [7, 11) is 0. The highest BCUT2D eigenvalue weighted by atomic mass is 16.2. The van der Waals surface area contributed by atoms with Gasteiger partial charge in [0.25, 0.3) is 0 Å². The average molecular weight is 403 g/mol. The van der Waals surface area contributed by atoms with Crippen LogP contribution in [0.5, 0.6) is 0 Å². The minimum absolute atomic E-state index is 0.00812. The number of carbonyl (C=O) groups excluding carboxylic acids is 1. The van der Waals surface area contributed by atoms with E-state index >= 15 is 0 Å². The van der Waals surface area contributed by atoms with Crippen molar-refractivity contribution in [3.8, 4) is 11.3 Å². The first-order chi connectivity index (χ1) is 14.5. The molecule has 1 aliphatic heterocycles. The van der Waals surface area contributed by atoms with Crippen LogP contribution in [0, 0.1) is 5.92 Å². The molecule has 4 N–H and O–H groups in total. The number of pyridine rings is 1. The molecule has 1 atom stereocenters. The number of fused-ring (bicyclic) bond motifs is 3. The minimum atomic E-state index is 0.00812. The maximum Gasteiger partial charge on any atom is 0.225 e. The average Bonchev–Trinajstić information content (AvgIpc) is 3.48. The third kappa shape index (κ3) is 3.08. The number of anilines is 1. The molecular formula is C22H25N7O. The summed E-state index contributed by atoms with van der Waals surface area (Å²) in [4.78, 5) is 27.3. The number of imidazole rings is 1. The summed E-state index contributed by atoms with van der Waals surface area (Å²) in [5.74, 6) is 1.47. The molecule has 3 aromatic heterocycles. The number of hydrogen-bond donors (Lipinski definition) is 3. The molecule has 0 unspecified atom stereocenters. The first-order valence-electron chi connectivity index (χ1n) is 10.4. The highest BCUT2D eigenvalue weighted by Gasteiger charge is 2.30. The molecule has 5 rings (SSSR count). The quantitative estimate of drug-likeness (QED) is 0.483. The van der Waals surface area contributed by atoms with Crippen molar-refractivity contribution in [1.82, 2.24) is 30.0 Å². The first-order valence-corrected chi connectivity index (χ1v) is 10.4. The van der Waals surface area contributed by atoms with Gasteiger partial charge in [-0.2, -0.15) is 5.10 Å². The van der Waals surface area contributed by atoms with Crippen molar-refractivity contribution < 1.29 is 4.79 Å². The van der Waals surface area contributed by atoms with Gasteiger partial charge in [-0.05, 0) is 31.0 Å². The number of nitrogen functional groups attached to an aromatic ring is 1. The molecule has 1 aliphatic rings. The molecule has 0 bridgehead atoms. The van der Waals surface area contributed by atoms with Crippen molar-refractivity contribution in [2.75, 3.05) is 12.3 Å². The predicted octanol–water partition coefficient (Wildman–Crippen LogP) is 3.27. The van der Waals surface area contributed by atoms with Crippen LogP contribution in [0.1, 0.15) is 32.5 Å². The zero-order chi connectivity index (χ0) is 20.8. The van der Waals surface area contributed by atoms with Gasteiger partial charge in [0.15, 0.2) is 5.82 Å². The number of carbonyl (C=O) groups is 1. The Kier molecular flexibility index (Phi) is 4.42. The maximum atomic E-state index is 12.5. The monoisotopic (exact) mass is 403 g/mol. The summed E-state index contributed by atoms with van der Waals surface area (Å²) in [6.07, 6.45) is 4.52. The molecule has 4 aromatic rings. The molecule has 0 saturated carbocycles. The summed E-state index contributed by atoms with van der Waals surface area (Å²) in [6, 6.07) is 8.13. The zero-order valence-corrected chi connectivity index (χ0v) is 17.1. The predicted molar refractivity (Wildman–Crippen MR) is 117 cm³/mol. The summed E-state index contributed by atoms with van der Waals surface area (Å²) >= 11 is 0. The first kappa shape index (κ1) is 18.6. The molecule has 30 heavy (non-hydrogen) atoms. The third-order valence-corrected chi connectivity index (χ3v) is 5.88. The van der Waals surface area contributed by atoms with Gasteiger partial charge < -0.3 is 15.6 Å². The van der Waals surface area contributed by atoms with Crippen LogP contribution >= 0.6 is 0 Å². The maximum absolute atomic E-state index is 12.5. The highest BCUT2D eigenvalue weighted by Crippen LogP contribution is 2.30. The number of rotatable bonds is 4. The van der Waals surface area contributed by atoms with Gasteiger partial charge in [-0.1, -0.05) is 19.9 Å². The molecule has 0 spiro atoms. The normalized spacial score (nSPS) is 16.9. The van der Waals surface area contributed by atoms with Gasteiger partial charge in [0.2, 0.25) is 5.91 Å². The van der Waals surface area contributed by atoms with Crippen LogP contribution in [-0.4, -0.2) is 48.5 Å². The van der Waals surface area contributed by atoms with Crippen molar-refractivity contribution in [1.29, 1.82) is 0 Å². The largest absolute Gasteiger partial charge is 0.382 e. The number of benzene rings is 1. The Hall–Kier alpha value is -3.42. The van der Waals surface area contributed by atoms with Crippen molar-refractivity contribution in [2.45, 2.75) is 39.2 Å². The van der Waals surface area contributed by atoms with Crippen LogP contribution in [0.2, 0.25) is 0 Å². The van der Waals surface area contributed by atoms with Crippen molar-refractivity contribution in [2.24, 2.45) is 5.92 Å². The minimum Gasteiger partial charge on any atom is -0.382 e. The van der Waals surface area contributed by atoms with Crippen LogP contribution in [0.25, 0.3) is 33.2 Å². The van der Waals surface area contributed by atoms with Crippen molar-refractivity contribution >= 4 is 33.7 Å². The van der Waals surface area contributed by atoms with Crippen molar-refractivity contribution in [3.63, 3.8) is 0 Å². The number of hydrogen-bond acceptors (Lipinski definition) is 5. The Morgan fingerprint density at radius 3 is 2.93 bits per heavy atom. The number of likely N-dealkylation sites (tertiary alicyclic amines) is 1. The Balaban J connectivity index is 1.51. The number of nitrogens with two attached hydrogens (primary N) is 1. The number of amides is 1. The van der Waals surface area contributed by atoms with Gasteiger partial charge >= 0.3 is 0 Å². The number of nitrogens with one attached hydrogen (secondary N) is 2. The van der Waals surface area contributed by atoms with Gasteiger partial charge in [0.05, 0.1) is 16.7 Å². The molecule has 8 heteroatoms. The lowest BCUT2D eigenvalue weighted by molar-refractivity contribution is -0.135. The van der Waals surface area contributed by atoms with Gasteiger partial charge in [-0.25, -0.2) is 9.97 Å². The van der Waals surface area contributed by atoms with E-state index in [0.717, 1.165) is 52.9 Å². The molecule has 1 aromatic carbocycles. The summed E-state index contributed by atoms with van der Waals surface area (Å²) in [6.45, 7) is 4.73. The SMILES string of the molecule is CC(C)C(=O)N1CCC[C@H]1Cc1nc2c(N)nc3cc(-c4cc[nH]n4)ccc3c2[nH]1. The van der Waals surface area contributed by atoms with Gasteiger partial charge in [-0.3, -0.25) is 9.89 Å². The summed E-state index contributed by atoms with van der Waals surface area (Å²) in [5.41, 5.74) is 10.5. The van der Waals surface area contributed by atoms with Gasteiger partial charge in [0, 0.05) is 42.1 Å². The second-order valence-corrected chi connectivity index (χ2v) is 8.28. The van der Waals surface area contributed by atoms with E-state index in [9.17, 15) is 4.79 Å². The molecule has 8 nitrogen and oxygen atoms in total. The lowest BCUT2D eigenvalue weighted by atomic mass is 10.1. The molecule has 4 heterocycles. The van der Waals surface area contributed by atoms with E-state index in [1.807, 2.05) is 43.0 Å². The molecule has 0 radical (unpaired) electrons. The van der Waals surface area contributed by atoms with E-state index in [1.54, 1.807) is 6.20 Å². The topological polar surface area (TPSA) is 117 Å². The number of H-pyrrole nitrogens is 2. The smallest absolute Gasteiger partial charge is 0.225 e. The molecular weight excluding hydrogens is 378 g/mol. The third-order valence-electron chi connectivity index (χ3n) is 5.88. The van der Waals surface area contributed by atoms with E-state index in [-0.39, 0.29) is 17.9 Å². The van der Waals surface area contributed by atoms with E-state index < -0.39 is 0 Å². The molecule has 1 amide bonds. The lowest BCUT2D eigenvalue weighted by Gasteiger charge is -2.25. The Labute approximate surface area is 173 Å². The Morgan fingerprint density at radius 2 is 2.17 bits per heavy atom. The van der Waals surface area contributed by atoms with Crippen LogP contribution in [0.3, 0.4) is 0 Å². The molecule has 0 aliphatic carbocycles. The van der Waals surface area contributed by atoms with Crippen LogP contribution in [0.15, 0.2) is 30.5 Å². The number of nitrogens with zero attached hydrogens (tertiary/aromatic N) is 4. The van der Waals surface area contributed by atoms with E-state index in [1.165, 1.54) is 0 Å². The Bertz CT molecular complexity index is 1230. The van der Waals surface area contributed by atoms with Crippen LogP contribution in [0.4, 0.5) is 5.82 Å². The van der Waals surface area contributed by atoms with Crippen LogP contribution in [-0.2, 0) is 11.2 Å². The fraction of sp³-hybridized carbons (Fsp3) is 0.364.